The molecule has 216 valence electrons. The van der Waals surface area contributed by atoms with Gasteiger partial charge in [0.2, 0.25) is 10.0 Å². The molecule has 12 heteroatoms. The molecule has 3 aromatic rings. The number of nitrogens with zero attached hydrogens (tertiary/aromatic N) is 2. The van der Waals surface area contributed by atoms with E-state index >= 15 is 0 Å². The van der Waals surface area contributed by atoms with E-state index in [1.807, 2.05) is 24.3 Å². The molecule has 2 aliphatic heterocycles. The van der Waals surface area contributed by atoms with Crippen molar-refractivity contribution in [2.75, 3.05) is 38.6 Å². The van der Waals surface area contributed by atoms with Gasteiger partial charge in [-0.15, -0.1) is 0 Å². The van der Waals surface area contributed by atoms with Crippen molar-refractivity contribution in [1.29, 1.82) is 0 Å². The fourth-order valence-electron chi connectivity index (χ4n) is 5.28. The Balaban J connectivity index is 1.09. The molecular weight excluding hydrogens is 554 g/mol. The lowest BCUT2D eigenvalue weighted by Gasteiger charge is -2.38. The van der Waals surface area contributed by atoms with Crippen LogP contribution in [0.4, 0.5) is 0 Å². The number of para-hydroxylation sites is 1. The molecule has 0 amide bonds. The monoisotopic (exact) mass is 589 g/mol. The summed E-state index contributed by atoms with van der Waals surface area (Å²) in [5.74, 6) is 0.391. The molecule has 0 radical (unpaired) electrons. The minimum atomic E-state index is -3.66. The Morgan fingerprint density at radius 1 is 1.10 bits per heavy atom. The second-order valence-corrected chi connectivity index (χ2v) is 14.6. The molecule has 0 aliphatic carbocycles. The van der Waals surface area contributed by atoms with Gasteiger partial charge in [-0.2, -0.15) is 4.31 Å². The highest BCUT2D eigenvalue weighted by molar-refractivity contribution is 7.91. The first-order valence-electron chi connectivity index (χ1n) is 13.5. The highest BCUT2D eigenvalue weighted by Gasteiger charge is 2.44. The number of aliphatic hydroxyl groups excluding tert-OH is 1. The fraction of sp³-hybridized carbons (Fsp3) is 0.464. The molecular formula is C28H35N3O7S2. The molecule has 5 rings (SSSR count). The number of fused-ring (bicyclic) bond motifs is 1. The maximum absolute atomic E-state index is 13.3. The van der Waals surface area contributed by atoms with Crippen LogP contribution < -0.4 is 10.1 Å². The summed E-state index contributed by atoms with van der Waals surface area (Å²) in [5.41, 5.74) is 0.364. The van der Waals surface area contributed by atoms with E-state index in [-0.39, 0.29) is 34.7 Å². The Morgan fingerprint density at radius 2 is 1.88 bits per heavy atom. The summed E-state index contributed by atoms with van der Waals surface area (Å²) in [6.45, 7) is 3.09. The van der Waals surface area contributed by atoms with Gasteiger partial charge in [-0.05, 0) is 49.6 Å². The van der Waals surface area contributed by atoms with Crippen LogP contribution in [0.25, 0.3) is 10.9 Å². The van der Waals surface area contributed by atoms with E-state index in [0.717, 1.165) is 17.3 Å². The number of pyridine rings is 1. The Hall–Kier alpha value is -2.61. The number of ether oxygens (including phenoxy) is 2. The molecule has 0 saturated carbocycles. The summed E-state index contributed by atoms with van der Waals surface area (Å²) in [4.78, 5) is 4.71. The van der Waals surface area contributed by atoms with Crippen molar-refractivity contribution in [3.63, 3.8) is 0 Å². The van der Waals surface area contributed by atoms with E-state index < -0.39 is 31.6 Å². The zero-order valence-electron chi connectivity index (χ0n) is 22.4. The molecule has 2 aromatic carbocycles. The molecule has 2 N–H and O–H groups in total. The Labute approximate surface area is 235 Å². The highest BCUT2D eigenvalue weighted by Crippen LogP contribution is 2.37. The summed E-state index contributed by atoms with van der Waals surface area (Å²) >= 11 is 0. The standard InChI is InChI=1S/C28H35N3O7S2/c1-2-39(33,34)25-8-5-7-24(15-25)37-20-23(32)17-29-22-16-28(38-19-22)10-12-31(13-11-28)40(35,36)26-14-21-6-3-4-9-27(21)30-18-26/h3-9,14-15,18,22-23,29,32H,2,10-13,16-17,19-20H2,1H3. The van der Waals surface area contributed by atoms with Crippen LogP contribution >= 0.6 is 0 Å². The Morgan fingerprint density at radius 3 is 2.65 bits per heavy atom. The predicted octanol–water partition coefficient (Wildman–Crippen LogP) is 2.37. The van der Waals surface area contributed by atoms with Crippen LogP contribution in [-0.4, -0.2) is 87.6 Å². The number of nitrogens with one attached hydrogen (secondary N) is 1. The molecule has 40 heavy (non-hydrogen) atoms. The van der Waals surface area contributed by atoms with Crippen molar-refractivity contribution in [1.82, 2.24) is 14.6 Å². The maximum atomic E-state index is 13.3. The first-order chi connectivity index (χ1) is 19.1. The van der Waals surface area contributed by atoms with Crippen molar-refractivity contribution in [2.45, 2.75) is 53.7 Å². The Bertz CT molecular complexity index is 1550. The minimum Gasteiger partial charge on any atom is -0.491 e. The van der Waals surface area contributed by atoms with E-state index in [2.05, 4.69) is 10.3 Å². The van der Waals surface area contributed by atoms with E-state index in [0.29, 0.717) is 38.3 Å². The predicted molar refractivity (Wildman–Crippen MR) is 150 cm³/mol. The number of sulfonamides is 1. The van der Waals surface area contributed by atoms with Crippen molar-refractivity contribution >= 4 is 30.8 Å². The summed E-state index contributed by atoms with van der Waals surface area (Å²) in [7, 11) is -6.99. The zero-order valence-corrected chi connectivity index (χ0v) is 24.0. The van der Waals surface area contributed by atoms with Crippen molar-refractivity contribution in [3.8, 4) is 5.75 Å². The summed E-state index contributed by atoms with van der Waals surface area (Å²) in [5, 5.41) is 14.5. The van der Waals surface area contributed by atoms with Crippen LogP contribution in [0.1, 0.15) is 26.2 Å². The van der Waals surface area contributed by atoms with Crippen LogP contribution in [0.3, 0.4) is 0 Å². The van der Waals surface area contributed by atoms with Crippen LogP contribution in [0.5, 0.6) is 5.75 Å². The van der Waals surface area contributed by atoms with Gasteiger partial charge in [-0.3, -0.25) is 4.98 Å². The van der Waals surface area contributed by atoms with E-state index in [9.17, 15) is 21.9 Å². The molecule has 3 heterocycles. The quantitative estimate of drug-likeness (QED) is 0.365. The third-order valence-corrected chi connectivity index (χ3v) is 11.3. The lowest BCUT2D eigenvalue weighted by molar-refractivity contribution is -0.0312. The van der Waals surface area contributed by atoms with Gasteiger partial charge in [-0.25, -0.2) is 16.8 Å². The second kappa shape index (κ2) is 11.7. The van der Waals surface area contributed by atoms with Gasteiger partial charge in [0.1, 0.15) is 23.4 Å². The number of benzene rings is 2. The lowest BCUT2D eigenvalue weighted by atomic mass is 9.88. The molecule has 0 bridgehead atoms. The number of hydrogen-bond acceptors (Lipinski definition) is 9. The van der Waals surface area contributed by atoms with E-state index in [1.165, 1.54) is 22.6 Å². The van der Waals surface area contributed by atoms with Gasteiger partial charge in [0.15, 0.2) is 9.84 Å². The number of sulfone groups is 1. The van der Waals surface area contributed by atoms with Gasteiger partial charge in [0.25, 0.3) is 0 Å². The third kappa shape index (κ3) is 6.32. The molecule has 1 aromatic heterocycles. The van der Waals surface area contributed by atoms with Crippen molar-refractivity contribution < 1.29 is 31.4 Å². The zero-order chi connectivity index (χ0) is 28.4. The highest BCUT2D eigenvalue weighted by atomic mass is 32.2. The largest absolute Gasteiger partial charge is 0.491 e. The van der Waals surface area contributed by atoms with Gasteiger partial charge in [-0.1, -0.05) is 31.2 Å². The minimum absolute atomic E-state index is 0.00369. The van der Waals surface area contributed by atoms with E-state index in [4.69, 9.17) is 9.47 Å². The van der Waals surface area contributed by atoms with Crippen LogP contribution in [0.2, 0.25) is 0 Å². The first kappa shape index (κ1) is 28.9. The third-order valence-electron chi connectivity index (χ3n) is 7.68. The Kier molecular flexibility index (Phi) is 8.46. The normalized spacial score (nSPS) is 20.6. The average Bonchev–Trinajstić information content (AvgIpc) is 3.37. The van der Waals surface area contributed by atoms with Gasteiger partial charge in [0, 0.05) is 37.3 Å². The molecule has 10 nitrogen and oxygen atoms in total. The lowest BCUT2D eigenvalue weighted by Crippen LogP contribution is -2.47. The number of rotatable bonds is 10. The molecule has 2 saturated heterocycles. The fourth-order valence-corrected chi connectivity index (χ4v) is 7.62. The maximum Gasteiger partial charge on any atom is 0.244 e. The SMILES string of the molecule is CCS(=O)(=O)c1cccc(OCC(O)CNC2COC3(CCN(S(=O)(=O)c4cnc5ccccc5c4)CC3)C2)c1. The van der Waals surface area contributed by atoms with Gasteiger partial charge >= 0.3 is 0 Å². The molecule has 1 spiro atoms. The smallest absolute Gasteiger partial charge is 0.244 e. The van der Waals surface area contributed by atoms with Crippen molar-refractivity contribution in [3.05, 3.63) is 60.8 Å². The number of hydrogen-bond donors (Lipinski definition) is 2. The summed E-state index contributed by atoms with van der Waals surface area (Å²) in [6, 6.07) is 15.4. The van der Waals surface area contributed by atoms with Crippen LogP contribution in [-0.2, 0) is 24.6 Å². The number of aliphatic hydroxyl groups is 1. The number of aromatic nitrogens is 1. The molecule has 2 unspecified atom stereocenters. The summed E-state index contributed by atoms with van der Waals surface area (Å²) in [6.07, 6.45) is 2.53. The molecule has 2 aliphatic rings. The first-order valence-corrected chi connectivity index (χ1v) is 16.6. The number of piperidine rings is 1. The van der Waals surface area contributed by atoms with Gasteiger partial charge in [0.05, 0.1) is 28.4 Å². The second-order valence-electron chi connectivity index (χ2n) is 10.4. The summed E-state index contributed by atoms with van der Waals surface area (Å²) < 4.78 is 64.0. The van der Waals surface area contributed by atoms with Crippen molar-refractivity contribution in [2.24, 2.45) is 0 Å². The average molecular weight is 590 g/mol. The topological polar surface area (TPSA) is 135 Å². The van der Waals surface area contributed by atoms with Crippen LogP contribution in [0, 0.1) is 0 Å². The van der Waals surface area contributed by atoms with Crippen LogP contribution in [0.15, 0.2) is 70.6 Å². The molecule has 2 atom stereocenters. The molecule has 2 fully saturated rings. The van der Waals surface area contributed by atoms with Gasteiger partial charge < -0.3 is 19.9 Å². The van der Waals surface area contributed by atoms with E-state index in [1.54, 1.807) is 25.1 Å².